The molecule has 0 aliphatic rings. The number of nitrogens with zero attached hydrogens (tertiary/aromatic N) is 3. The molecule has 1 rings (SSSR count). The van der Waals surface area contributed by atoms with Crippen molar-refractivity contribution in [2.75, 3.05) is 24.6 Å². The maximum absolute atomic E-state index is 12.3. The van der Waals surface area contributed by atoms with Crippen LogP contribution in [0.2, 0.25) is 5.15 Å². The average molecular weight is 317 g/mol. The summed E-state index contributed by atoms with van der Waals surface area (Å²) in [5.74, 6) is 0.245. The molecule has 0 aromatic carbocycles. The highest BCUT2D eigenvalue weighted by atomic mass is 79.9. The zero-order chi connectivity index (χ0) is 12.1. The summed E-state index contributed by atoms with van der Waals surface area (Å²) in [5.41, 5.74) is 0. The van der Waals surface area contributed by atoms with E-state index in [1.165, 1.54) is 11.2 Å². The van der Waals surface area contributed by atoms with Gasteiger partial charge in [-0.1, -0.05) is 11.6 Å². The second-order valence-electron chi connectivity index (χ2n) is 2.86. The van der Waals surface area contributed by atoms with Gasteiger partial charge in [-0.3, -0.25) is 0 Å². The SMILES string of the molecule is OCCN(CC(F)F)c1ncnc(Cl)c1Br. The minimum Gasteiger partial charge on any atom is -0.395 e. The standard InChI is InChI=1S/C8H9BrClF2N3O/c9-6-7(10)13-4-14-8(6)15(1-2-16)3-5(11)12/h4-5,16H,1-3H2. The van der Waals surface area contributed by atoms with Gasteiger partial charge in [0.05, 0.1) is 17.6 Å². The van der Waals surface area contributed by atoms with Crippen molar-refractivity contribution in [1.82, 2.24) is 9.97 Å². The fraction of sp³-hybridized carbons (Fsp3) is 0.500. The van der Waals surface area contributed by atoms with Crippen LogP contribution in [0.1, 0.15) is 0 Å². The third kappa shape index (κ3) is 3.50. The van der Waals surface area contributed by atoms with E-state index in [1.807, 2.05) is 0 Å². The Morgan fingerprint density at radius 3 is 2.75 bits per heavy atom. The predicted molar refractivity (Wildman–Crippen MR) is 60.0 cm³/mol. The largest absolute Gasteiger partial charge is 0.395 e. The van der Waals surface area contributed by atoms with Crippen molar-refractivity contribution in [2.45, 2.75) is 6.43 Å². The van der Waals surface area contributed by atoms with Gasteiger partial charge in [-0.05, 0) is 15.9 Å². The Hall–Kier alpha value is -0.530. The molecule has 0 saturated carbocycles. The third-order valence-electron chi connectivity index (χ3n) is 1.76. The molecule has 0 radical (unpaired) electrons. The van der Waals surface area contributed by atoms with Crippen LogP contribution in [-0.2, 0) is 0 Å². The number of aliphatic hydroxyl groups is 1. The van der Waals surface area contributed by atoms with Crippen LogP contribution in [0.5, 0.6) is 0 Å². The molecule has 90 valence electrons. The van der Waals surface area contributed by atoms with Gasteiger partial charge in [0.1, 0.15) is 17.3 Å². The molecule has 16 heavy (non-hydrogen) atoms. The maximum atomic E-state index is 12.3. The van der Waals surface area contributed by atoms with Crippen molar-refractivity contribution in [2.24, 2.45) is 0 Å². The normalized spacial score (nSPS) is 10.9. The number of aliphatic hydroxyl groups excluding tert-OH is 1. The molecule has 0 aliphatic carbocycles. The highest BCUT2D eigenvalue weighted by Crippen LogP contribution is 2.29. The van der Waals surface area contributed by atoms with Gasteiger partial charge in [0, 0.05) is 6.54 Å². The van der Waals surface area contributed by atoms with E-state index in [0.717, 1.165) is 0 Å². The first kappa shape index (κ1) is 13.5. The molecule has 0 bridgehead atoms. The quantitative estimate of drug-likeness (QED) is 0.844. The molecule has 0 atom stereocenters. The van der Waals surface area contributed by atoms with Crippen LogP contribution in [0, 0.1) is 0 Å². The molecule has 0 fully saturated rings. The van der Waals surface area contributed by atoms with E-state index >= 15 is 0 Å². The van der Waals surface area contributed by atoms with Gasteiger partial charge in [-0.2, -0.15) is 0 Å². The fourth-order valence-corrected chi connectivity index (χ4v) is 1.71. The van der Waals surface area contributed by atoms with E-state index in [0.29, 0.717) is 4.47 Å². The molecule has 4 nitrogen and oxygen atoms in total. The first-order valence-corrected chi connectivity index (χ1v) is 5.53. The van der Waals surface area contributed by atoms with Crippen LogP contribution in [0.4, 0.5) is 14.6 Å². The van der Waals surface area contributed by atoms with Crippen molar-refractivity contribution in [3.8, 4) is 0 Å². The smallest absolute Gasteiger partial charge is 0.255 e. The van der Waals surface area contributed by atoms with Gasteiger partial charge < -0.3 is 10.0 Å². The number of hydrogen-bond donors (Lipinski definition) is 1. The second kappa shape index (κ2) is 6.27. The van der Waals surface area contributed by atoms with E-state index < -0.39 is 13.0 Å². The summed E-state index contributed by atoms with van der Waals surface area (Å²) < 4.78 is 25.0. The molecule has 1 aromatic rings. The first-order chi connectivity index (χ1) is 7.56. The van der Waals surface area contributed by atoms with Crippen molar-refractivity contribution in [3.63, 3.8) is 0 Å². The topological polar surface area (TPSA) is 49.2 Å². The monoisotopic (exact) mass is 315 g/mol. The van der Waals surface area contributed by atoms with Crippen molar-refractivity contribution < 1.29 is 13.9 Å². The van der Waals surface area contributed by atoms with Crippen LogP contribution in [0.3, 0.4) is 0 Å². The van der Waals surface area contributed by atoms with Gasteiger partial charge in [0.15, 0.2) is 0 Å². The predicted octanol–water partition coefficient (Wildman–Crippen LogP) is 1.96. The second-order valence-corrected chi connectivity index (χ2v) is 4.01. The lowest BCUT2D eigenvalue weighted by Crippen LogP contribution is -2.32. The molecule has 8 heteroatoms. The summed E-state index contributed by atoms with van der Waals surface area (Å²) in [7, 11) is 0. The Labute approximate surface area is 104 Å². The molecule has 0 aliphatic heterocycles. The number of aromatic nitrogens is 2. The number of halogens is 4. The van der Waals surface area contributed by atoms with Crippen LogP contribution >= 0.6 is 27.5 Å². The minimum absolute atomic E-state index is 0.0519. The molecule has 1 heterocycles. The summed E-state index contributed by atoms with van der Waals surface area (Å²) in [6.45, 7) is -0.719. The van der Waals surface area contributed by atoms with Gasteiger partial charge in [0.2, 0.25) is 0 Å². The Balaban J connectivity index is 2.96. The van der Waals surface area contributed by atoms with Gasteiger partial charge in [-0.25, -0.2) is 18.7 Å². The zero-order valence-corrected chi connectivity index (χ0v) is 10.4. The molecular formula is C8H9BrClF2N3O. The van der Waals surface area contributed by atoms with Gasteiger partial charge in [0.25, 0.3) is 6.43 Å². The van der Waals surface area contributed by atoms with Crippen molar-refractivity contribution in [3.05, 3.63) is 16.0 Å². The highest BCUT2D eigenvalue weighted by Gasteiger charge is 2.17. The van der Waals surface area contributed by atoms with E-state index in [2.05, 4.69) is 25.9 Å². The highest BCUT2D eigenvalue weighted by molar-refractivity contribution is 9.10. The van der Waals surface area contributed by atoms with Crippen LogP contribution in [-0.4, -0.2) is 41.2 Å². The van der Waals surface area contributed by atoms with E-state index in [4.69, 9.17) is 16.7 Å². The molecule has 0 unspecified atom stereocenters. The lowest BCUT2D eigenvalue weighted by molar-refractivity contribution is 0.152. The van der Waals surface area contributed by atoms with Gasteiger partial charge >= 0.3 is 0 Å². The first-order valence-electron chi connectivity index (χ1n) is 4.36. The lowest BCUT2D eigenvalue weighted by Gasteiger charge is -2.23. The summed E-state index contributed by atoms with van der Waals surface area (Å²) >= 11 is 8.84. The third-order valence-corrected chi connectivity index (χ3v) is 3.00. The Morgan fingerprint density at radius 2 is 2.19 bits per heavy atom. The molecule has 0 spiro atoms. The number of hydrogen-bond acceptors (Lipinski definition) is 4. The summed E-state index contributed by atoms with van der Waals surface area (Å²) in [6.07, 6.45) is -1.34. The van der Waals surface area contributed by atoms with E-state index in [-0.39, 0.29) is 24.1 Å². The Morgan fingerprint density at radius 1 is 1.50 bits per heavy atom. The zero-order valence-electron chi connectivity index (χ0n) is 8.08. The Bertz CT molecular complexity index is 356. The number of rotatable bonds is 5. The molecule has 0 saturated heterocycles. The number of anilines is 1. The molecule has 1 aromatic heterocycles. The van der Waals surface area contributed by atoms with Crippen molar-refractivity contribution in [1.29, 1.82) is 0 Å². The van der Waals surface area contributed by atoms with E-state index in [9.17, 15) is 8.78 Å². The summed E-state index contributed by atoms with van der Waals surface area (Å²) in [5, 5.41) is 8.93. The Kier molecular flexibility index (Phi) is 5.30. The summed E-state index contributed by atoms with van der Waals surface area (Å²) in [4.78, 5) is 8.78. The molecule has 1 N–H and O–H groups in total. The molecular weight excluding hydrogens is 307 g/mol. The van der Waals surface area contributed by atoms with Crippen LogP contribution in [0.25, 0.3) is 0 Å². The fourth-order valence-electron chi connectivity index (χ4n) is 1.13. The van der Waals surface area contributed by atoms with E-state index in [1.54, 1.807) is 0 Å². The maximum Gasteiger partial charge on any atom is 0.255 e. The molecule has 0 amide bonds. The lowest BCUT2D eigenvalue weighted by atomic mass is 10.4. The van der Waals surface area contributed by atoms with Crippen LogP contribution < -0.4 is 4.90 Å². The summed E-state index contributed by atoms with van der Waals surface area (Å²) in [6, 6.07) is 0. The minimum atomic E-state index is -2.52. The van der Waals surface area contributed by atoms with Crippen molar-refractivity contribution >= 4 is 33.3 Å². The van der Waals surface area contributed by atoms with Gasteiger partial charge in [-0.15, -0.1) is 0 Å². The number of alkyl halides is 2. The van der Waals surface area contributed by atoms with Crippen LogP contribution in [0.15, 0.2) is 10.8 Å². The average Bonchev–Trinajstić information content (AvgIpc) is 2.21.